The highest BCUT2D eigenvalue weighted by molar-refractivity contribution is 5.15. The molecule has 0 amide bonds. The summed E-state index contributed by atoms with van der Waals surface area (Å²) in [6, 6.07) is 0. The number of ether oxygens (including phenoxy) is 1. The molecule has 0 aromatic carbocycles. The predicted octanol–water partition coefficient (Wildman–Crippen LogP) is 3.69. The van der Waals surface area contributed by atoms with E-state index in [-0.39, 0.29) is 5.60 Å². The summed E-state index contributed by atoms with van der Waals surface area (Å²) in [6.45, 7) is 6.54. The summed E-state index contributed by atoms with van der Waals surface area (Å²) in [5, 5.41) is 0. The molecule has 1 aliphatic heterocycles. The number of rotatable bonds is 6. The molecule has 13 heavy (non-hydrogen) atoms. The highest BCUT2D eigenvalue weighted by Crippen LogP contribution is 2.44. The highest BCUT2D eigenvalue weighted by atomic mass is 16.6. The van der Waals surface area contributed by atoms with Crippen LogP contribution in [0.4, 0.5) is 0 Å². The maximum atomic E-state index is 5.80. The van der Waals surface area contributed by atoms with Crippen LogP contribution in [0.1, 0.15) is 52.9 Å². The molecule has 0 aliphatic carbocycles. The minimum atomic E-state index is 0.138. The van der Waals surface area contributed by atoms with Gasteiger partial charge in [0.1, 0.15) is 5.60 Å². The van der Waals surface area contributed by atoms with E-state index < -0.39 is 0 Å². The van der Waals surface area contributed by atoms with Crippen LogP contribution in [0.5, 0.6) is 0 Å². The standard InChI is InChI=1S/C12H22O/c1-4-7-8-11-12(13-11,9-5-2)10-6-3/h5,9,11H,4,6-8,10H2,1-3H3/b9-5+/t11-,12-/m1/s1. The summed E-state index contributed by atoms with van der Waals surface area (Å²) >= 11 is 0. The van der Waals surface area contributed by atoms with E-state index in [1.54, 1.807) is 0 Å². The third kappa shape index (κ3) is 2.57. The molecule has 1 heterocycles. The van der Waals surface area contributed by atoms with E-state index in [0.29, 0.717) is 6.10 Å². The predicted molar refractivity (Wildman–Crippen MR) is 56.9 cm³/mol. The van der Waals surface area contributed by atoms with Gasteiger partial charge in [0.05, 0.1) is 6.10 Å². The van der Waals surface area contributed by atoms with Gasteiger partial charge in [-0.1, -0.05) is 45.3 Å². The van der Waals surface area contributed by atoms with Crippen molar-refractivity contribution in [1.82, 2.24) is 0 Å². The summed E-state index contributed by atoms with van der Waals surface area (Å²) < 4.78 is 5.80. The first kappa shape index (κ1) is 10.8. The van der Waals surface area contributed by atoms with Gasteiger partial charge in [0.15, 0.2) is 0 Å². The van der Waals surface area contributed by atoms with Crippen LogP contribution in [0, 0.1) is 0 Å². The van der Waals surface area contributed by atoms with Crippen LogP contribution in [0.3, 0.4) is 0 Å². The third-order valence-electron chi connectivity index (χ3n) is 2.76. The van der Waals surface area contributed by atoms with Gasteiger partial charge < -0.3 is 4.74 Å². The summed E-state index contributed by atoms with van der Waals surface area (Å²) in [4.78, 5) is 0. The molecule has 0 aromatic rings. The first-order valence-corrected chi connectivity index (χ1v) is 5.60. The molecule has 0 saturated carbocycles. The lowest BCUT2D eigenvalue weighted by atomic mass is 9.96. The average Bonchev–Trinajstić information content (AvgIpc) is 2.77. The van der Waals surface area contributed by atoms with Crippen molar-refractivity contribution >= 4 is 0 Å². The number of epoxide rings is 1. The first-order valence-electron chi connectivity index (χ1n) is 5.60. The molecule has 1 rings (SSSR count). The first-order chi connectivity index (χ1) is 6.29. The Morgan fingerprint density at radius 3 is 2.62 bits per heavy atom. The highest BCUT2D eigenvalue weighted by Gasteiger charge is 2.52. The molecular weight excluding hydrogens is 160 g/mol. The van der Waals surface area contributed by atoms with Crippen molar-refractivity contribution in [2.24, 2.45) is 0 Å². The van der Waals surface area contributed by atoms with Gasteiger partial charge in [0.2, 0.25) is 0 Å². The van der Waals surface area contributed by atoms with E-state index in [2.05, 4.69) is 32.9 Å². The van der Waals surface area contributed by atoms with Gasteiger partial charge in [0.25, 0.3) is 0 Å². The van der Waals surface area contributed by atoms with Crippen molar-refractivity contribution in [1.29, 1.82) is 0 Å². The summed E-state index contributed by atoms with van der Waals surface area (Å²) in [6.07, 6.45) is 11.1. The third-order valence-corrected chi connectivity index (χ3v) is 2.76. The van der Waals surface area contributed by atoms with Gasteiger partial charge in [-0.25, -0.2) is 0 Å². The molecule has 0 aromatic heterocycles. The van der Waals surface area contributed by atoms with Crippen molar-refractivity contribution in [3.8, 4) is 0 Å². The number of unbranched alkanes of at least 4 members (excludes halogenated alkanes) is 1. The van der Waals surface area contributed by atoms with Gasteiger partial charge in [0, 0.05) is 0 Å². The molecule has 0 radical (unpaired) electrons. The van der Waals surface area contributed by atoms with Crippen LogP contribution in [0.2, 0.25) is 0 Å². The molecule has 0 unspecified atom stereocenters. The van der Waals surface area contributed by atoms with Crippen LogP contribution in [0.15, 0.2) is 12.2 Å². The molecule has 1 aliphatic rings. The van der Waals surface area contributed by atoms with Crippen molar-refractivity contribution in [3.05, 3.63) is 12.2 Å². The number of hydrogen-bond donors (Lipinski definition) is 0. The molecule has 0 bridgehead atoms. The lowest BCUT2D eigenvalue weighted by molar-refractivity contribution is 0.312. The molecule has 1 fully saturated rings. The lowest BCUT2D eigenvalue weighted by Gasteiger charge is -2.04. The summed E-state index contributed by atoms with van der Waals surface area (Å²) in [5.41, 5.74) is 0.138. The van der Waals surface area contributed by atoms with E-state index in [4.69, 9.17) is 4.74 Å². The molecule has 0 spiro atoms. The normalized spacial score (nSPS) is 32.7. The van der Waals surface area contributed by atoms with Gasteiger partial charge in [-0.2, -0.15) is 0 Å². The zero-order valence-electron chi connectivity index (χ0n) is 9.18. The summed E-state index contributed by atoms with van der Waals surface area (Å²) in [7, 11) is 0. The van der Waals surface area contributed by atoms with Gasteiger partial charge in [-0.3, -0.25) is 0 Å². The lowest BCUT2D eigenvalue weighted by Crippen LogP contribution is -2.11. The maximum Gasteiger partial charge on any atom is 0.113 e. The van der Waals surface area contributed by atoms with E-state index in [9.17, 15) is 0 Å². The molecule has 0 N–H and O–H groups in total. The zero-order chi connectivity index (χ0) is 9.73. The van der Waals surface area contributed by atoms with Crippen molar-refractivity contribution in [3.63, 3.8) is 0 Å². The topological polar surface area (TPSA) is 12.5 Å². The Hall–Kier alpha value is -0.300. The fraction of sp³-hybridized carbons (Fsp3) is 0.833. The second-order valence-electron chi connectivity index (χ2n) is 3.95. The van der Waals surface area contributed by atoms with Crippen LogP contribution in [-0.2, 0) is 4.74 Å². The average molecular weight is 182 g/mol. The second-order valence-corrected chi connectivity index (χ2v) is 3.95. The number of hydrogen-bond acceptors (Lipinski definition) is 1. The fourth-order valence-corrected chi connectivity index (χ4v) is 2.05. The monoisotopic (exact) mass is 182 g/mol. The van der Waals surface area contributed by atoms with E-state index >= 15 is 0 Å². The van der Waals surface area contributed by atoms with Crippen LogP contribution in [0.25, 0.3) is 0 Å². The smallest absolute Gasteiger partial charge is 0.113 e. The van der Waals surface area contributed by atoms with Crippen LogP contribution >= 0.6 is 0 Å². The van der Waals surface area contributed by atoms with Crippen LogP contribution < -0.4 is 0 Å². The van der Waals surface area contributed by atoms with Crippen molar-refractivity contribution in [2.45, 2.75) is 64.6 Å². The minimum Gasteiger partial charge on any atom is -0.362 e. The summed E-state index contributed by atoms with van der Waals surface area (Å²) in [5.74, 6) is 0. The molecular formula is C12H22O. The Kier molecular flexibility index (Phi) is 3.98. The van der Waals surface area contributed by atoms with Crippen molar-refractivity contribution in [2.75, 3.05) is 0 Å². The second kappa shape index (κ2) is 4.80. The fourth-order valence-electron chi connectivity index (χ4n) is 2.05. The molecule has 1 saturated heterocycles. The Balaban J connectivity index is 2.37. The van der Waals surface area contributed by atoms with Gasteiger partial charge in [-0.15, -0.1) is 0 Å². The zero-order valence-corrected chi connectivity index (χ0v) is 9.18. The SMILES string of the molecule is C/C=C/[C@]1(CCC)O[C@@H]1CCCC. The molecule has 1 heteroatoms. The Morgan fingerprint density at radius 1 is 1.31 bits per heavy atom. The molecule has 76 valence electrons. The van der Waals surface area contributed by atoms with Crippen LogP contribution in [-0.4, -0.2) is 11.7 Å². The van der Waals surface area contributed by atoms with E-state index in [0.717, 1.165) is 0 Å². The Labute approximate surface area is 82.2 Å². The molecule has 2 atom stereocenters. The quantitative estimate of drug-likeness (QED) is 0.451. The Morgan fingerprint density at radius 2 is 2.08 bits per heavy atom. The van der Waals surface area contributed by atoms with Gasteiger partial charge in [-0.05, 0) is 19.8 Å². The van der Waals surface area contributed by atoms with E-state index in [1.165, 1.54) is 32.1 Å². The largest absolute Gasteiger partial charge is 0.362 e. The van der Waals surface area contributed by atoms with Gasteiger partial charge >= 0.3 is 0 Å². The minimum absolute atomic E-state index is 0.138. The molecule has 1 nitrogen and oxygen atoms in total. The maximum absolute atomic E-state index is 5.80. The van der Waals surface area contributed by atoms with Crippen molar-refractivity contribution < 1.29 is 4.74 Å². The van der Waals surface area contributed by atoms with E-state index in [1.807, 2.05) is 0 Å². The Bertz CT molecular complexity index is 174. The number of allylic oxidation sites excluding steroid dienone is 1.